The van der Waals surface area contributed by atoms with Crippen molar-refractivity contribution in [1.29, 1.82) is 0 Å². The van der Waals surface area contributed by atoms with E-state index in [4.69, 9.17) is 21.1 Å². The first-order chi connectivity index (χ1) is 17.6. The number of fused-ring (bicyclic) bond motifs is 3. The largest absolute Gasteiger partial charge is 0.493 e. The van der Waals surface area contributed by atoms with Crippen molar-refractivity contribution < 1.29 is 14.3 Å². The van der Waals surface area contributed by atoms with Gasteiger partial charge in [-0.3, -0.25) is 4.79 Å². The molecule has 1 saturated heterocycles. The van der Waals surface area contributed by atoms with Gasteiger partial charge < -0.3 is 24.6 Å². The number of rotatable bonds is 7. The van der Waals surface area contributed by atoms with Gasteiger partial charge in [-0.1, -0.05) is 48.0 Å². The molecule has 0 spiro atoms. The molecule has 7 heteroatoms. The number of hydrogen-bond acceptors (Lipinski definition) is 5. The van der Waals surface area contributed by atoms with Crippen LogP contribution in [0.25, 0.3) is 0 Å². The smallest absolute Gasteiger partial charge is 0.225 e. The molecule has 0 unspecified atom stereocenters. The molecule has 36 heavy (non-hydrogen) atoms. The van der Waals surface area contributed by atoms with Crippen LogP contribution < -0.4 is 24.6 Å². The fourth-order valence-electron chi connectivity index (χ4n) is 5.48. The van der Waals surface area contributed by atoms with Crippen LogP contribution in [-0.2, 0) is 17.6 Å². The standard InChI is InChI=1S/C29H32ClN3O3/c1-35-27-12-11-20(17-28(27)36-2)13-14-31-29(34)22-18-21-7-3-5-9-24(21)33-16-15-32(19-26(22)33)25-10-6-4-8-23(25)30/h3-12,17,22,26H,13-16,18-19H2,1-2H3,(H,31,34)/t22-,26-/m1/s1. The number of ether oxygens (including phenoxy) is 2. The zero-order chi connectivity index (χ0) is 25.1. The fourth-order valence-corrected chi connectivity index (χ4v) is 5.74. The molecule has 2 aliphatic heterocycles. The predicted molar refractivity (Wildman–Crippen MR) is 145 cm³/mol. The molecular formula is C29H32ClN3O3. The van der Waals surface area contributed by atoms with Crippen LogP contribution in [0, 0.1) is 5.92 Å². The number of nitrogens with one attached hydrogen (secondary N) is 1. The SMILES string of the molecule is COc1ccc(CCNC(=O)[C@@H]2Cc3ccccc3N3CCN(c4ccccc4Cl)C[C@H]23)cc1OC. The zero-order valence-electron chi connectivity index (χ0n) is 20.7. The number of methoxy groups -OCH3 is 2. The van der Waals surface area contributed by atoms with E-state index < -0.39 is 0 Å². The van der Waals surface area contributed by atoms with E-state index in [9.17, 15) is 4.79 Å². The van der Waals surface area contributed by atoms with Crippen LogP contribution in [0.4, 0.5) is 11.4 Å². The molecule has 2 aliphatic rings. The van der Waals surface area contributed by atoms with Gasteiger partial charge in [-0.2, -0.15) is 0 Å². The van der Waals surface area contributed by atoms with Crippen molar-refractivity contribution in [3.8, 4) is 11.5 Å². The number of carbonyl (C=O) groups is 1. The average molecular weight is 506 g/mol. The summed E-state index contributed by atoms with van der Waals surface area (Å²) in [7, 11) is 3.26. The van der Waals surface area contributed by atoms with Gasteiger partial charge in [0.1, 0.15) is 0 Å². The maximum Gasteiger partial charge on any atom is 0.225 e. The van der Waals surface area contributed by atoms with Crippen molar-refractivity contribution in [2.75, 3.05) is 50.2 Å². The third kappa shape index (κ3) is 4.82. The highest BCUT2D eigenvalue weighted by molar-refractivity contribution is 6.33. The Kier molecular flexibility index (Phi) is 7.23. The number of benzene rings is 3. The summed E-state index contributed by atoms with van der Waals surface area (Å²) in [4.78, 5) is 18.3. The second-order valence-corrected chi connectivity index (χ2v) is 9.74. The van der Waals surface area contributed by atoms with Gasteiger partial charge in [0.2, 0.25) is 5.91 Å². The van der Waals surface area contributed by atoms with Gasteiger partial charge >= 0.3 is 0 Å². The quantitative estimate of drug-likeness (QED) is 0.509. The Morgan fingerprint density at radius 2 is 1.72 bits per heavy atom. The molecule has 1 N–H and O–H groups in total. The molecular weight excluding hydrogens is 474 g/mol. The van der Waals surface area contributed by atoms with Crippen LogP contribution in [-0.4, -0.2) is 52.3 Å². The van der Waals surface area contributed by atoms with E-state index in [2.05, 4.69) is 45.4 Å². The molecule has 3 aromatic carbocycles. The van der Waals surface area contributed by atoms with Crippen LogP contribution in [0.2, 0.25) is 5.02 Å². The van der Waals surface area contributed by atoms with Crippen LogP contribution in [0.15, 0.2) is 66.7 Å². The molecule has 5 rings (SSSR count). The summed E-state index contributed by atoms with van der Waals surface area (Å²) in [5.74, 6) is 1.35. The Bertz CT molecular complexity index is 1230. The molecule has 2 heterocycles. The lowest BCUT2D eigenvalue weighted by atomic mass is 9.83. The Hall–Kier alpha value is -3.38. The van der Waals surface area contributed by atoms with Crippen molar-refractivity contribution in [1.82, 2.24) is 5.32 Å². The number of anilines is 2. The van der Waals surface area contributed by atoms with Crippen LogP contribution in [0.1, 0.15) is 11.1 Å². The van der Waals surface area contributed by atoms with Crippen molar-refractivity contribution in [3.63, 3.8) is 0 Å². The first-order valence-electron chi connectivity index (χ1n) is 12.4. The Morgan fingerprint density at radius 1 is 0.972 bits per heavy atom. The molecule has 0 aliphatic carbocycles. The number of amides is 1. The van der Waals surface area contributed by atoms with E-state index in [0.717, 1.165) is 48.7 Å². The van der Waals surface area contributed by atoms with Crippen LogP contribution >= 0.6 is 11.6 Å². The van der Waals surface area contributed by atoms with Gasteiger partial charge in [-0.15, -0.1) is 0 Å². The third-order valence-corrected chi connectivity index (χ3v) is 7.63. The summed E-state index contributed by atoms with van der Waals surface area (Å²) in [6.45, 7) is 3.03. The molecule has 188 valence electrons. The Morgan fingerprint density at radius 3 is 2.50 bits per heavy atom. The molecule has 2 atom stereocenters. The molecule has 0 aromatic heterocycles. The number of carbonyl (C=O) groups excluding carboxylic acids is 1. The van der Waals surface area contributed by atoms with Crippen molar-refractivity contribution in [2.24, 2.45) is 5.92 Å². The summed E-state index contributed by atoms with van der Waals surface area (Å²) in [5.41, 5.74) is 4.60. The van der Waals surface area contributed by atoms with Crippen molar-refractivity contribution >= 4 is 28.9 Å². The molecule has 1 fully saturated rings. The third-order valence-electron chi connectivity index (χ3n) is 7.31. The lowest BCUT2D eigenvalue weighted by Gasteiger charge is -2.49. The molecule has 1 amide bonds. The first kappa shape index (κ1) is 24.3. The van der Waals surface area contributed by atoms with Gasteiger partial charge in [0.15, 0.2) is 11.5 Å². The molecule has 3 aromatic rings. The number of piperazine rings is 1. The maximum absolute atomic E-state index is 13.6. The maximum atomic E-state index is 13.6. The molecule has 6 nitrogen and oxygen atoms in total. The van der Waals surface area contributed by atoms with E-state index >= 15 is 0 Å². The Balaban J connectivity index is 1.32. The van der Waals surface area contributed by atoms with E-state index in [1.54, 1.807) is 14.2 Å². The molecule has 0 saturated carbocycles. The van der Waals surface area contributed by atoms with E-state index in [-0.39, 0.29) is 17.9 Å². The highest BCUT2D eigenvalue weighted by Crippen LogP contribution is 2.38. The minimum Gasteiger partial charge on any atom is -0.493 e. The van der Waals surface area contributed by atoms with Crippen molar-refractivity contribution in [3.05, 3.63) is 82.9 Å². The number of nitrogens with zero attached hydrogens (tertiary/aromatic N) is 2. The topological polar surface area (TPSA) is 54.0 Å². The second kappa shape index (κ2) is 10.7. The van der Waals surface area contributed by atoms with Crippen LogP contribution in [0.3, 0.4) is 0 Å². The predicted octanol–water partition coefficient (Wildman–Crippen LogP) is 4.58. The number of halogens is 1. The number of hydrogen-bond donors (Lipinski definition) is 1. The Labute approximate surface area is 217 Å². The molecule has 0 bridgehead atoms. The first-order valence-corrected chi connectivity index (χ1v) is 12.8. The zero-order valence-corrected chi connectivity index (χ0v) is 21.5. The second-order valence-electron chi connectivity index (χ2n) is 9.33. The fraction of sp³-hybridized carbons (Fsp3) is 0.345. The van der Waals surface area contributed by atoms with Gasteiger partial charge in [0.25, 0.3) is 0 Å². The van der Waals surface area contributed by atoms with E-state index in [1.807, 2.05) is 36.4 Å². The highest BCUT2D eigenvalue weighted by atomic mass is 35.5. The lowest BCUT2D eigenvalue weighted by molar-refractivity contribution is -0.125. The van der Waals surface area contributed by atoms with Crippen LogP contribution in [0.5, 0.6) is 11.5 Å². The highest BCUT2D eigenvalue weighted by Gasteiger charge is 2.41. The van der Waals surface area contributed by atoms with E-state index in [1.165, 1.54) is 11.3 Å². The van der Waals surface area contributed by atoms with Gasteiger partial charge in [-0.25, -0.2) is 0 Å². The monoisotopic (exact) mass is 505 g/mol. The summed E-state index contributed by atoms with van der Waals surface area (Å²) >= 11 is 6.53. The minimum absolute atomic E-state index is 0.0750. The van der Waals surface area contributed by atoms with Gasteiger partial charge in [-0.05, 0) is 54.3 Å². The summed E-state index contributed by atoms with van der Waals surface area (Å²) in [6.07, 6.45) is 1.45. The minimum atomic E-state index is -0.143. The summed E-state index contributed by atoms with van der Waals surface area (Å²) in [5, 5.41) is 3.96. The summed E-state index contributed by atoms with van der Waals surface area (Å²) < 4.78 is 10.7. The number of para-hydroxylation sites is 2. The molecule has 0 radical (unpaired) electrons. The lowest BCUT2D eigenvalue weighted by Crippen LogP contribution is -2.61. The average Bonchev–Trinajstić information content (AvgIpc) is 2.92. The van der Waals surface area contributed by atoms with Gasteiger partial charge in [0.05, 0.1) is 36.9 Å². The summed E-state index contributed by atoms with van der Waals surface area (Å²) in [6, 6.07) is 22.4. The van der Waals surface area contributed by atoms with Crippen molar-refractivity contribution in [2.45, 2.75) is 18.9 Å². The normalized spacial score (nSPS) is 18.8. The van der Waals surface area contributed by atoms with E-state index in [0.29, 0.717) is 18.0 Å². The van der Waals surface area contributed by atoms with Gasteiger partial charge in [0, 0.05) is 31.9 Å².